The first-order valence-corrected chi connectivity index (χ1v) is 8.81. The molecular formula is C20H20N4O3. The molecule has 0 aliphatic rings. The van der Waals surface area contributed by atoms with E-state index in [1.165, 1.54) is 0 Å². The van der Waals surface area contributed by atoms with Gasteiger partial charge in [-0.25, -0.2) is 4.98 Å². The molecule has 4 rings (SSSR count). The highest BCUT2D eigenvalue weighted by Gasteiger charge is 2.19. The van der Waals surface area contributed by atoms with Crippen LogP contribution in [0.3, 0.4) is 0 Å². The molecule has 0 amide bonds. The molecule has 0 radical (unpaired) electrons. The van der Waals surface area contributed by atoms with E-state index in [-0.39, 0.29) is 11.6 Å². The maximum Gasteiger partial charge on any atom is 0.222 e. The SMILES string of the molecule is COCCCn1c(Cn2c(O)c(N=O)c3ccccc32)nc2ccccc21. The molecule has 0 spiro atoms. The first-order valence-electron chi connectivity index (χ1n) is 8.81. The Hall–Kier alpha value is -3.19. The highest BCUT2D eigenvalue weighted by Crippen LogP contribution is 2.38. The van der Waals surface area contributed by atoms with Crippen LogP contribution in [0, 0.1) is 4.91 Å². The van der Waals surface area contributed by atoms with Gasteiger partial charge in [0.25, 0.3) is 0 Å². The molecular weight excluding hydrogens is 344 g/mol. The summed E-state index contributed by atoms with van der Waals surface area (Å²) in [6, 6.07) is 15.3. The number of nitroso groups, excluding NO2 is 1. The third kappa shape index (κ3) is 2.96. The van der Waals surface area contributed by atoms with Gasteiger partial charge in [0, 0.05) is 25.6 Å². The summed E-state index contributed by atoms with van der Waals surface area (Å²) in [4.78, 5) is 16.0. The molecule has 2 aromatic carbocycles. The predicted molar refractivity (Wildman–Crippen MR) is 104 cm³/mol. The van der Waals surface area contributed by atoms with Crippen molar-refractivity contribution in [3.63, 3.8) is 0 Å². The van der Waals surface area contributed by atoms with E-state index < -0.39 is 0 Å². The van der Waals surface area contributed by atoms with Crippen molar-refractivity contribution in [1.29, 1.82) is 0 Å². The molecule has 0 aliphatic heterocycles. The predicted octanol–water partition coefficient (Wildman–Crippen LogP) is 4.18. The topological polar surface area (TPSA) is 81.6 Å². The zero-order valence-corrected chi connectivity index (χ0v) is 15.0. The number of rotatable bonds is 7. The van der Waals surface area contributed by atoms with Gasteiger partial charge < -0.3 is 19.0 Å². The van der Waals surface area contributed by atoms with Crippen molar-refractivity contribution >= 4 is 27.6 Å². The number of ether oxygens (including phenoxy) is 1. The van der Waals surface area contributed by atoms with Gasteiger partial charge in [-0.1, -0.05) is 30.3 Å². The van der Waals surface area contributed by atoms with E-state index in [2.05, 4.69) is 9.74 Å². The van der Waals surface area contributed by atoms with Gasteiger partial charge in [0.1, 0.15) is 5.82 Å². The normalized spacial score (nSPS) is 11.4. The summed E-state index contributed by atoms with van der Waals surface area (Å²) in [5.41, 5.74) is 2.75. The summed E-state index contributed by atoms with van der Waals surface area (Å²) in [5.74, 6) is 0.669. The molecule has 138 valence electrons. The molecule has 7 nitrogen and oxygen atoms in total. The Bertz CT molecular complexity index is 1110. The van der Waals surface area contributed by atoms with Gasteiger partial charge in [0.2, 0.25) is 5.88 Å². The number of methoxy groups -OCH3 is 1. The third-order valence-electron chi connectivity index (χ3n) is 4.77. The molecule has 4 aromatic rings. The molecule has 0 bridgehead atoms. The minimum absolute atomic E-state index is 0.0626. The number of aryl methyl sites for hydroxylation is 1. The van der Waals surface area contributed by atoms with Crippen molar-refractivity contribution in [2.24, 2.45) is 5.18 Å². The zero-order chi connectivity index (χ0) is 18.8. The number of aromatic nitrogens is 3. The standard InChI is InChI=1S/C20H20N4O3/c1-27-12-6-11-23-17-10-5-3-8-15(17)21-18(23)13-24-16-9-4-2-7-14(16)19(22-26)20(24)25/h2-5,7-10,25H,6,11-13H2,1H3. The van der Waals surface area contributed by atoms with Crippen LogP contribution in [-0.2, 0) is 17.8 Å². The average molecular weight is 364 g/mol. The monoisotopic (exact) mass is 364 g/mol. The lowest BCUT2D eigenvalue weighted by Crippen LogP contribution is -2.10. The Morgan fingerprint density at radius 3 is 2.59 bits per heavy atom. The molecule has 0 saturated heterocycles. The zero-order valence-electron chi connectivity index (χ0n) is 15.0. The van der Waals surface area contributed by atoms with Crippen LogP contribution in [0.2, 0.25) is 0 Å². The second-order valence-electron chi connectivity index (χ2n) is 6.38. The number of benzene rings is 2. The second kappa shape index (κ2) is 7.20. The maximum absolute atomic E-state index is 11.2. The Morgan fingerprint density at radius 1 is 1.07 bits per heavy atom. The summed E-state index contributed by atoms with van der Waals surface area (Å²) < 4.78 is 9.00. The Labute approximate surface area is 155 Å². The number of fused-ring (bicyclic) bond motifs is 2. The first kappa shape index (κ1) is 17.2. The fraction of sp³-hybridized carbons (Fsp3) is 0.250. The molecule has 0 atom stereocenters. The lowest BCUT2D eigenvalue weighted by atomic mass is 10.2. The Kier molecular flexibility index (Phi) is 4.60. The summed E-state index contributed by atoms with van der Waals surface area (Å²) in [6.45, 7) is 1.74. The fourth-order valence-corrected chi connectivity index (χ4v) is 3.53. The first-order chi connectivity index (χ1) is 13.2. The second-order valence-corrected chi connectivity index (χ2v) is 6.38. The summed E-state index contributed by atoms with van der Waals surface area (Å²) in [7, 11) is 1.69. The van der Waals surface area contributed by atoms with Gasteiger partial charge in [-0.3, -0.25) is 0 Å². The molecule has 0 saturated carbocycles. The highest BCUT2D eigenvalue weighted by atomic mass is 16.5. The van der Waals surface area contributed by atoms with Gasteiger partial charge in [-0.05, 0) is 29.8 Å². The Balaban J connectivity index is 1.82. The molecule has 0 aliphatic carbocycles. The van der Waals surface area contributed by atoms with Gasteiger partial charge in [-0.15, -0.1) is 4.91 Å². The van der Waals surface area contributed by atoms with Crippen LogP contribution in [0.5, 0.6) is 5.88 Å². The van der Waals surface area contributed by atoms with Gasteiger partial charge in [0.05, 0.1) is 23.1 Å². The van der Waals surface area contributed by atoms with Gasteiger partial charge in [-0.2, -0.15) is 0 Å². The molecule has 7 heteroatoms. The van der Waals surface area contributed by atoms with E-state index in [4.69, 9.17) is 9.72 Å². The molecule has 2 aromatic heterocycles. The van der Waals surface area contributed by atoms with E-state index in [0.717, 1.165) is 35.3 Å². The van der Waals surface area contributed by atoms with Gasteiger partial charge >= 0.3 is 0 Å². The molecule has 0 fully saturated rings. The number of para-hydroxylation sites is 3. The number of hydrogen-bond donors (Lipinski definition) is 1. The smallest absolute Gasteiger partial charge is 0.222 e. The quantitative estimate of drug-likeness (QED) is 0.394. The van der Waals surface area contributed by atoms with Crippen LogP contribution in [0.25, 0.3) is 21.9 Å². The lowest BCUT2D eigenvalue weighted by Gasteiger charge is -2.11. The molecule has 1 N–H and O–H groups in total. The van der Waals surface area contributed by atoms with Crippen molar-refractivity contribution < 1.29 is 9.84 Å². The molecule has 0 unspecified atom stereocenters. The minimum atomic E-state index is -0.137. The summed E-state index contributed by atoms with van der Waals surface area (Å²) >= 11 is 0. The van der Waals surface area contributed by atoms with Crippen molar-refractivity contribution in [3.8, 4) is 5.88 Å². The maximum atomic E-state index is 11.2. The van der Waals surface area contributed by atoms with E-state index in [1.807, 2.05) is 42.5 Å². The largest absolute Gasteiger partial charge is 0.493 e. The van der Waals surface area contributed by atoms with Crippen LogP contribution in [-0.4, -0.2) is 32.9 Å². The molecule has 27 heavy (non-hydrogen) atoms. The van der Waals surface area contributed by atoms with Crippen LogP contribution >= 0.6 is 0 Å². The lowest BCUT2D eigenvalue weighted by molar-refractivity contribution is 0.190. The van der Waals surface area contributed by atoms with Crippen LogP contribution in [0.15, 0.2) is 53.7 Å². The van der Waals surface area contributed by atoms with Crippen molar-refractivity contribution in [2.45, 2.75) is 19.5 Å². The Morgan fingerprint density at radius 2 is 1.81 bits per heavy atom. The van der Waals surface area contributed by atoms with E-state index in [9.17, 15) is 10.0 Å². The van der Waals surface area contributed by atoms with Gasteiger partial charge in [0.15, 0.2) is 5.69 Å². The van der Waals surface area contributed by atoms with E-state index >= 15 is 0 Å². The average Bonchev–Trinajstić information content (AvgIpc) is 3.17. The number of nitrogens with zero attached hydrogens (tertiary/aromatic N) is 4. The summed E-state index contributed by atoms with van der Waals surface area (Å²) in [6.07, 6.45) is 0.851. The van der Waals surface area contributed by atoms with Crippen molar-refractivity contribution in [2.75, 3.05) is 13.7 Å². The van der Waals surface area contributed by atoms with Crippen LogP contribution in [0.4, 0.5) is 5.69 Å². The third-order valence-corrected chi connectivity index (χ3v) is 4.77. The van der Waals surface area contributed by atoms with Crippen molar-refractivity contribution in [1.82, 2.24) is 14.1 Å². The van der Waals surface area contributed by atoms with E-state index in [1.54, 1.807) is 17.7 Å². The molecule has 2 heterocycles. The highest BCUT2D eigenvalue weighted by molar-refractivity contribution is 5.95. The number of imidazole rings is 1. The summed E-state index contributed by atoms with van der Waals surface area (Å²) in [5, 5.41) is 14.2. The number of aromatic hydroxyl groups is 1. The number of hydrogen-bond acceptors (Lipinski definition) is 5. The van der Waals surface area contributed by atoms with E-state index in [0.29, 0.717) is 18.5 Å². The van der Waals surface area contributed by atoms with Crippen LogP contribution in [0.1, 0.15) is 12.2 Å². The van der Waals surface area contributed by atoms with Crippen molar-refractivity contribution in [3.05, 3.63) is 59.3 Å². The van der Waals surface area contributed by atoms with Crippen LogP contribution < -0.4 is 0 Å². The minimum Gasteiger partial charge on any atom is -0.493 e. The fourth-order valence-electron chi connectivity index (χ4n) is 3.53.